The Morgan fingerprint density at radius 3 is 2.05 bits per heavy atom. The Balaban J connectivity index is 2.35. The molecule has 0 spiro atoms. The highest BCUT2D eigenvalue weighted by Crippen LogP contribution is 2.34. The van der Waals surface area contributed by atoms with E-state index >= 15 is 0 Å². The van der Waals surface area contributed by atoms with E-state index in [9.17, 15) is 0 Å². The van der Waals surface area contributed by atoms with E-state index in [2.05, 4.69) is 76.0 Å². The predicted octanol–water partition coefficient (Wildman–Crippen LogP) is 5.56. The van der Waals surface area contributed by atoms with Gasteiger partial charge in [0.15, 0.2) is 0 Å². The van der Waals surface area contributed by atoms with Crippen LogP contribution in [0.15, 0.2) is 40.9 Å². The number of alkyl halides is 1. The number of hydrogen-bond donors (Lipinski definition) is 0. The van der Waals surface area contributed by atoms with Crippen molar-refractivity contribution in [3.63, 3.8) is 0 Å². The van der Waals surface area contributed by atoms with E-state index in [1.54, 1.807) is 7.11 Å². The second-order valence-corrected chi connectivity index (χ2v) is 6.37. The Bertz CT molecular complexity index is 593. The molecule has 0 aliphatic rings. The van der Waals surface area contributed by atoms with E-state index in [4.69, 9.17) is 4.74 Å². The zero-order valence-electron chi connectivity index (χ0n) is 11.2. The van der Waals surface area contributed by atoms with Crippen LogP contribution in [0.2, 0.25) is 0 Å². The topological polar surface area (TPSA) is 9.23 Å². The second kappa shape index (κ2) is 6.10. The first-order valence-electron chi connectivity index (χ1n) is 6.07. The lowest BCUT2D eigenvalue weighted by atomic mass is 10.0. The van der Waals surface area contributed by atoms with Gasteiger partial charge < -0.3 is 4.74 Å². The molecule has 1 atom stereocenters. The summed E-state index contributed by atoms with van der Waals surface area (Å²) >= 11 is 7.31. The molecule has 2 aromatic carbocycles. The smallest absolute Gasteiger partial charge is 0.121 e. The van der Waals surface area contributed by atoms with Gasteiger partial charge in [0.2, 0.25) is 0 Å². The maximum atomic E-state index is 5.30. The molecule has 0 amide bonds. The predicted molar refractivity (Wildman–Crippen MR) is 87.4 cm³/mol. The number of rotatable bonds is 3. The van der Waals surface area contributed by atoms with Gasteiger partial charge in [-0.3, -0.25) is 0 Å². The minimum absolute atomic E-state index is 0.198. The van der Waals surface area contributed by atoms with E-state index < -0.39 is 0 Å². The molecule has 0 aromatic heterocycles. The molecule has 0 bridgehead atoms. The van der Waals surface area contributed by atoms with Crippen molar-refractivity contribution in [2.45, 2.75) is 18.7 Å². The summed E-state index contributed by atoms with van der Waals surface area (Å²) in [4.78, 5) is 0.198. The molecule has 3 heteroatoms. The Morgan fingerprint density at radius 2 is 1.53 bits per heavy atom. The van der Waals surface area contributed by atoms with Gasteiger partial charge in [-0.05, 0) is 48.2 Å². The van der Waals surface area contributed by atoms with Gasteiger partial charge in [-0.25, -0.2) is 0 Å². The lowest BCUT2D eigenvalue weighted by Crippen LogP contribution is -1.96. The van der Waals surface area contributed by atoms with Crippen molar-refractivity contribution in [2.24, 2.45) is 0 Å². The minimum atomic E-state index is 0.198. The van der Waals surface area contributed by atoms with Crippen LogP contribution >= 0.6 is 31.9 Å². The Hall–Kier alpha value is -0.800. The minimum Gasteiger partial charge on any atom is -0.496 e. The molecule has 0 aliphatic carbocycles. The highest BCUT2D eigenvalue weighted by Gasteiger charge is 2.12. The number of methoxy groups -OCH3 is 1. The molecule has 1 nitrogen and oxygen atoms in total. The van der Waals surface area contributed by atoms with Crippen LogP contribution in [0.5, 0.6) is 5.75 Å². The molecule has 0 fully saturated rings. The lowest BCUT2D eigenvalue weighted by molar-refractivity contribution is 0.411. The largest absolute Gasteiger partial charge is 0.496 e. The lowest BCUT2D eigenvalue weighted by Gasteiger charge is -2.14. The average molecular weight is 384 g/mol. The van der Waals surface area contributed by atoms with Gasteiger partial charge in [0, 0.05) is 4.47 Å². The number of benzene rings is 2. The molecule has 0 N–H and O–H groups in total. The van der Waals surface area contributed by atoms with Crippen LogP contribution < -0.4 is 4.74 Å². The van der Waals surface area contributed by atoms with Crippen LogP contribution in [0.4, 0.5) is 0 Å². The van der Waals surface area contributed by atoms with Crippen LogP contribution in [-0.2, 0) is 0 Å². The summed E-state index contributed by atoms with van der Waals surface area (Å²) < 4.78 is 6.44. The van der Waals surface area contributed by atoms with Gasteiger partial charge in [-0.2, -0.15) is 0 Å². The van der Waals surface area contributed by atoms with Crippen LogP contribution in [0.1, 0.15) is 27.1 Å². The average Bonchev–Trinajstić information content (AvgIpc) is 2.41. The van der Waals surface area contributed by atoms with Gasteiger partial charge in [0.1, 0.15) is 5.75 Å². The van der Waals surface area contributed by atoms with Gasteiger partial charge >= 0.3 is 0 Å². The number of ether oxygens (including phenoxy) is 1. The zero-order valence-corrected chi connectivity index (χ0v) is 14.4. The third kappa shape index (κ3) is 3.21. The number of aryl methyl sites for hydroxylation is 2. The first kappa shape index (κ1) is 14.6. The molecule has 2 rings (SSSR count). The highest BCUT2D eigenvalue weighted by atomic mass is 79.9. The van der Waals surface area contributed by atoms with Crippen molar-refractivity contribution < 1.29 is 4.74 Å². The SMILES string of the molecule is COc1ccc(C(Br)c2ccc(Br)c(C)c2)cc1C. The molecule has 0 saturated heterocycles. The van der Waals surface area contributed by atoms with Gasteiger partial charge in [-0.1, -0.05) is 56.1 Å². The second-order valence-electron chi connectivity index (χ2n) is 4.60. The number of halogens is 2. The molecule has 100 valence electrons. The van der Waals surface area contributed by atoms with E-state index in [-0.39, 0.29) is 4.83 Å². The van der Waals surface area contributed by atoms with Crippen LogP contribution in [0.3, 0.4) is 0 Å². The highest BCUT2D eigenvalue weighted by molar-refractivity contribution is 9.10. The first-order valence-corrected chi connectivity index (χ1v) is 7.78. The Kier molecular flexibility index (Phi) is 4.69. The molecule has 0 radical (unpaired) electrons. The maximum absolute atomic E-state index is 5.30. The van der Waals surface area contributed by atoms with Crippen LogP contribution in [-0.4, -0.2) is 7.11 Å². The Labute approximate surface area is 131 Å². The fraction of sp³-hybridized carbons (Fsp3) is 0.250. The Morgan fingerprint density at radius 1 is 0.947 bits per heavy atom. The summed E-state index contributed by atoms with van der Waals surface area (Å²) in [6.07, 6.45) is 0. The normalized spacial score (nSPS) is 12.3. The fourth-order valence-corrected chi connectivity index (χ4v) is 2.89. The van der Waals surface area contributed by atoms with Gasteiger partial charge in [-0.15, -0.1) is 0 Å². The fourth-order valence-electron chi connectivity index (χ4n) is 2.08. The summed E-state index contributed by atoms with van der Waals surface area (Å²) in [5.41, 5.74) is 4.88. The van der Waals surface area contributed by atoms with Crippen molar-refractivity contribution in [3.05, 3.63) is 63.1 Å². The summed E-state index contributed by atoms with van der Waals surface area (Å²) in [5, 5.41) is 0. The molecule has 0 aliphatic heterocycles. The maximum Gasteiger partial charge on any atom is 0.121 e. The molecule has 2 aromatic rings. The third-order valence-electron chi connectivity index (χ3n) is 3.19. The van der Waals surface area contributed by atoms with Crippen LogP contribution in [0.25, 0.3) is 0 Å². The van der Waals surface area contributed by atoms with E-state index in [0.29, 0.717) is 0 Å². The third-order valence-corrected chi connectivity index (χ3v) is 5.13. The first-order chi connectivity index (χ1) is 9.02. The van der Waals surface area contributed by atoms with Crippen molar-refractivity contribution in [1.82, 2.24) is 0 Å². The van der Waals surface area contributed by atoms with E-state index in [1.807, 2.05) is 6.07 Å². The molecule has 19 heavy (non-hydrogen) atoms. The molecule has 0 saturated carbocycles. The van der Waals surface area contributed by atoms with Crippen molar-refractivity contribution in [3.8, 4) is 5.75 Å². The summed E-state index contributed by atoms with van der Waals surface area (Å²) in [6, 6.07) is 12.7. The molecular formula is C16H16Br2O. The van der Waals surface area contributed by atoms with Gasteiger partial charge in [0.25, 0.3) is 0 Å². The quantitative estimate of drug-likeness (QED) is 0.630. The van der Waals surface area contributed by atoms with E-state index in [1.165, 1.54) is 16.7 Å². The zero-order chi connectivity index (χ0) is 14.0. The van der Waals surface area contributed by atoms with Gasteiger partial charge in [0.05, 0.1) is 11.9 Å². The van der Waals surface area contributed by atoms with E-state index in [0.717, 1.165) is 15.8 Å². The summed E-state index contributed by atoms with van der Waals surface area (Å²) in [6.45, 7) is 4.17. The summed E-state index contributed by atoms with van der Waals surface area (Å²) in [5.74, 6) is 0.926. The standard InChI is InChI=1S/C16H16Br2O/c1-10-8-12(4-6-14(10)17)16(18)13-5-7-15(19-3)11(2)9-13/h4-9,16H,1-3H3. The van der Waals surface area contributed by atoms with Crippen molar-refractivity contribution in [2.75, 3.05) is 7.11 Å². The monoisotopic (exact) mass is 382 g/mol. The summed E-state index contributed by atoms with van der Waals surface area (Å²) in [7, 11) is 1.70. The molecular weight excluding hydrogens is 368 g/mol. The molecule has 0 heterocycles. The van der Waals surface area contributed by atoms with Crippen molar-refractivity contribution in [1.29, 1.82) is 0 Å². The van der Waals surface area contributed by atoms with Crippen LogP contribution in [0, 0.1) is 13.8 Å². The molecule has 1 unspecified atom stereocenters. The van der Waals surface area contributed by atoms with Crippen molar-refractivity contribution >= 4 is 31.9 Å². The number of hydrogen-bond acceptors (Lipinski definition) is 1.